The fraction of sp³-hybridized carbons (Fsp3) is 0.250. The topological polar surface area (TPSA) is 27.7 Å². The molecule has 3 nitrogen and oxygen atoms in total. The fourth-order valence-electron chi connectivity index (χ4n) is 1.61. The molecule has 0 saturated heterocycles. The van der Waals surface area contributed by atoms with Crippen LogP contribution in [0.4, 0.5) is 0 Å². The van der Waals surface area contributed by atoms with Gasteiger partial charge < -0.3 is 14.2 Å². The molecule has 0 aliphatic heterocycles. The number of para-hydroxylation sites is 2. The van der Waals surface area contributed by atoms with Gasteiger partial charge in [0.15, 0.2) is 11.1 Å². The van der Waals surface area contributed by atoms with Crippen molar-refractivity contribution in [1.82, 2.24) is 0 Å². The Kier molecular flexibility index (Phi) is 6.67. The molecule has 5 heteroatoms. The summed E-state index contributed by atoms with van der Waals surface area (Å²) in [5.74, 6) is 1.40. The van der Waals surface area contributed by atoms with E-state index in [0.29, 0.717) is 11.5 Å². The van der Waals surface area contributed by atoms with Gasteiger partial charge in [0.05, 0.1) is 13.2 Å². The second-order valence-corrected chi connectivity index (χ2v) is 5.19. The zero-order valence-corrected chi connectivity index (χ0v) is 12.8. The normalized spacial score (nSPS) is 13.4. The maximum absolute atomic E-state index is 6.03. The average Bonchev–Trinajstić information content (AvgIpc) is 2.49. The molecule has 0 aliphatic carbocycles. The molecule has 2 aromatic carbocycles. The van der Waals surface area contributed by atoms with Gasteiger partial charge in [-0.05, 0) is 24.3 Å². The molecule has 0 amide bonds. The summed E-state index contributed by atoms with van der Waals surface area (Å²) < 4.78 is 16.3. The smallest absolute Gasteiger partial charge is 0.195 e. The maximum atomic E-state index is 6.03. The van der Waals surface area contributed by atoms with Crippen molar-refractivity contribution in [3.8, 4) is 11.5 Å². The number of halogens is 2. The Bertz CT molecular complexity index is 460. The van der Waals surface area contributed by atoms with Gasteiger partial charge in [0.2, 0.25) is 0 Å². The van der Waals surface area contributed by atoms with Crippen molar-refractivity contribution in [2.24, 2.45) is 0 Å². The van der Waals surface area contributed by atoms with Crippen LogP contribution in [0.25, 0.3) is 0 Å². The van der Waals surface area contributed by atoms with Gasteiger partial charge in [0.25, 0.3) is 0 Å². The number of hydrogen-bond donors (Lipinski definition) is 0. The monoisotopic (exact) mass is 326 g/mol. The summed E-state index contributed by atoms with van der Waals surface area (Å²) in [4.78, 5) is 0. The van der Waals surface area contributed by atoms with Crippen LogP contribution in [-0.2, 0) is 4.74 Å². The third kappa shape index (κ3) is 6.25. The Morgan fingerprint density at radius 1 is 0.667 bits per heavy atom. The van der Waals surface area contributed by atoms with Gasteiger partial charge in [-0.1, -0.05) is 59.6 Å². The van der Waals surface area contributed by atoms with Gasteiger partial charge in [-0.15, -0.1) is 0 Å². The van der Waals surface area contributed by atoms with Crippen molar-refractivity contribution in [1.29, 1.82) is 0 Å². The Labute approximate surface area is 134 Å². The maximum Gasteiger partial charge on any atom is 0.195 e. The first-order valence-corrected chi connectivity index (χ1v) is 7.40. The molecule has 2 atom stereocenters. The molecule has 0 aromatic heterocycles. The lowest BCUT2D eigenvalue weighted by Crippen LogP contribution is -2.22. The number of benzene rings is 2. The van der Waals surface area contributed by atoms with Crippen LogP contribution in [0.2, 0.25) is 0 Å². The van der Waals surface area contributed by atoms with E-state index in [-0.39, 0.29) is 13.2 Å². The van der Waals surface area contributed by atoms with Crippen molar-refractivity contribution in [3.63, 3.8) is 0 Å². The molecule has 0 fully saturated rings. The quantitative estimate of drug-likeness (QED) is 0.677. The van der Waals surface area contributed by atoms with Gasteiger partial charge in [-0.2, -0.15) is 0 Å². The number of alkyl halides is 2. The lowest BCUT2D eigenvalue weighted by atomic mass is 10.3. The minimum Gasteiger partial charge on any atom is -0.472 e. The number of ether oxygens (including phenoxy) is 3. The van der Waals surface area contributed by atoms with Crippen molar-refractivity contribution < 1.29 is 14.2 Å². The minimum atomic E-state index is -0.576. The lowest BCUT2D eigenvalue weighted by Gasteiger charge is -2.16. The summed E-state index contributed by atoms with van der Waals surface area (Å²) in [5, 5.41) is 0. The molecule has 0 bridgehead atoms. The van der Waals surface area contributed by atoms with Gasteiger partial charge in [-0.25, -0.2) is 0 Å². The van der Waals surface area contributed by atoms with Crippen molar-refractivity contribution in [2.45, 2.75) is 11.1 Å². The van der Waals surface area contributed by atoms with Gasteiger partial charge in [0.1, 0.15) is 11.5 Å². The predicted molar refractivity (Wildman–Crippen MR) is 84.2 cm³/mol. The molecule has 2 unspecified atom stereocenters. The molecule has 2 aromatic rings. The lowest BCUT2D eigenvalue weighted by molar-refractivity contribution is 0.0526. The van der Waals surface area contributed by atoms with Crippen LogP contribution < -0.4 is 9.47 Å². The Balaban J connectivity index is 1.64. The summed E-state index contributed by atoms with van der Waals surface area (Å²) in [5.41, 5.74) is -1.15. The summed E-state index contributed by atoms with van der Waals surface area (Å²) in [6.07, 6.45) is 0. The van der Waals surface area contributed by atoms with E-state index in [1.54, 1.807) is 0 Å². The minimum absolute atomic E-state index is 0.220. The van der Waals surface area contributed by atoms with Gasteiger partial charge >= 0.3 is 0 Å². The van der Waals surface area contributed by atoms with E-state index in [2.05, 4.69) is 0 Å². The average molecular weight is 327 g/mol. The van der Waals surface area contributed by atoms with Crippen molar-refractivity contribution in [3.05, 3.63) is 60.7 Å². The molecule has 112 valence electrons. The summed E-state index contributed by atoms with van der Waals surface area (Å²) in [6, 6.07) is 18.7. The first kappa shape index (κ1) is 16.0. The van der Waals surface area contributed by atoms with E-state index in [0.717, 1.165) is 0 Å². The molecule has 0 heterocycles. The Morgan fingerprint density at radius 3 is 1.43 bits per heavy atom. The van der Waals surface area contributed by atoms with E-state index in [4.69, 9.17) is 37.4 Å². The van der Waals surface area contributed by atoms with Crippen molar-refractivity contribution in [2.75, 3.05) is 13.2 Å². The van der Waals surface area contributed by atoms with E-state index in [1.807, 2.05) is 60.7 Å². The largest absolute Gasteiger partial charge is 0.472 e. The van der Waals surface area contributed by atoms with Crippen molar-refractivity contribution >= 4 is 23.2 Å². The summed E-state index contributed by atoms with van der Waals surface area (Å²) in [7, 11) is 0. The van der Waals surface area contributed by atoms with E-state index >= 15 is 0 Å². The first-order chi connectivity index (χ1) is 10.2. The van der Waals surface area contributed by atoms with E-state index in [9.17, 15) is 0 Å². The van der Waals surface area contributed by atoms with Crippen LogP contribution in [0.15, 0.2) is 60.7 Å². The highest BCUT2D eigenvalue weighted by Crippen LogP contribution is 2.15. The SMILES string of the molecule is ClC(COCC(Cl)Oc1ccccc1)Oc1ccccc1. The highest BCUT2D eigenvalue weighted by molar-refractivity contribution is 6.20. The van der Waals surface area contributed by atoms with E-state index in [1.165, 1.54) is 0 Å². The van der Waals surface area contributed by atoms with Crippen LogP contribution in [0.3, 0.4) is 0 Å². The van der Waals surface area contributed by atoms with Crippen LogP contribution >= 0.6 is 23.2 Å². The Morgan fingerprint density at radius 2 is 1.05 bits per heavy atom. The molecule has 21 heavy (non-hydrogen) atoms. The second kappa shape index (κ2) is 8.78. The third-order valence-electron chi connectivity index (χ3n) is 2.51. The highest BCUT2D eigenvalue weighted by Gasteiger charge is 2.10. The van der Waals surface area contributed by atoms with Crippen LogP contribution in [0.1, 0.15) is 0 Å². The standard InChI is InChI=1S/C16H16Cl2O3/c17-15(20-13-7-3-1-4-8-13)11-19-12-16(18)21-14-9-5-2-6-10-14/h1-10,15-16H,11-12H2. The summed E-state index contributed by atoms with van der Waals surface area (Å²) >= 11 is 12.1. The number of rotatable bonds is 8. The van der Waals surface area contributed by atoms with Gasteiger partial charge in [0, 0.05) is 0 Å². The molecule has 0 N–H and O–H groups in total. The summed E-state index contributed by atoms with van der Waals surface area (Å²) in [6.45, 7) is 0.440. The van der Waals surface area contributed by atoms with Crippen LogP contribution in [0.5, 0.6) is 11.5 Å². The Hall–Kier alpha value is -1.42. The molecular weight excluding hydrogens is 311 g/mol. The first-order valence-electron chi connectivity index (χ1n) is 6.53. The van der Waals surface area contributed by atoms with Crippen LogP contribution in [0, 0.1) is 0 Å². The molecule has 0 radical (unpaired) electrons. The predicted octanol–water partition coefficient (Wildman–Crippen LogP) is 4.29. The molecule has 0 saturated carbocycles. The zero-order chi connectivity index (χ0) is 14.9. The highest BCUT2D eigenvalue weighted by atomic mass is 35.5. The molecule has 2 rings (SSSR count). The second-order valence-electron chi connectivity index (χ2n) is 4.22. The molecular formula is C16H16Cl2O3. The van der Waals surface area contributed by atoms with Crippen LogP contribution in [-0.4, -0.2) is 24.3 Å². The third-order valence-corrected chi connectivity index (χ3v) is 2.94. The zero-order valence-electron chi connectivity index (χ0n) is 11.3. The molecule has 0 spiro atoms. The van der Waals surface area contributed by atoms with Gasteiger partial charge in [-0.3, -0.25) is 0 Å². The fourth-order valence-corrected chi connectivity index (χ4v) is 2.00. The number of hydrogen-bond acceptors (Lipinski definition) is 3. The molecule has 0 aliphatic rings. The van der Waals surface area contributed by atoms with E-state index < -0.39 is 11.1 Å².